The Bertz CT molecular complexity index is 653. The van der Waals surface area contributed by atoms with Crippen molar-refractivity contribution in [1.82, 2.24) is 20.4 Å². The van der Waals surface area contributed by atoms with Crippen molar-refractivity contribution in [2.45, 2.75) is 32.6 Å². The molecular formula is C22H35N5O2. The van der Waals surface area contributed by atoms with E-state index >= 15 is 0 Å². The molecule has 4 aliphatic rings. The predicted octanol–water partition coefficient (Wildman–Crippen LogP) is 1.08. The van der Waals surface area contributed by atoms with Crippen LogP contribution < -0.4 is 10.6 Å². The van der Waals surface area contributed by atoms with E-state index in [2.05, 4.69) is 39.6 Å². The zero-order valence-corrected chi connectivity index (χ0v) is 17.8. The quantitative estimate of drug-likeness (QED) is 0.219. The second-order valence-corrected chi connectivity index (χ2v) is 9.13. The smallest absolute Gasteiger partial charge is 0.233 e. The van der Waals surface area contributed by atoms with Gasteiger partial charge < -0.3 is 15.5 Å². The minimum atomic E-state index is -0.104. The first-order chi connectivity index (χ1) is 14.1. The normalized spacial score (nSPS) is 32.3. The predicted molar refractivity (Wildman–Crippen MR) is 113 cm³/mol. The average Bonchev–Trinajstić information content (AvgIpc) is 3.40. The van der Waals surface area contributed by atoms with E-state index in [9.17, 15) is 9.59 Å². The van der Waals surface area contributed by atoms with Crippen molar-refractivity contribution in [2.24, 2.45) is 34.6 Å². The summed E-state index contributed by atoms with van der Waals surface area (Å²) in [4.78, 5) is 33.7. The Kier molecular flexibility index (Phi) is 6.23. The third-order valence-corrected chi connectivity index (χ3v) is 7.23. The topological polar surface area (TPSA) is 77.0 Å². The third kappa shape index (κ3) is 4.20. The van der Waals surface area contributed by atoms with Crippen LogP contribution in [0.3, 0.4) is 0 Å². The molecule has 4 rings (SSSR count). The van der Waals surface area contributed by atoms with Crippen LogP contribution in [0.5, 0.6) is 0 Å². The van der Waals surface area contributed by atoms with E-state index in [1.54, 1.807) is 7.05 Å². The van der Waals surface area contributed by atoms with E-state index in [4.69, 9.17) is 0 Å². The number of hydrogen-bond donors (Lipinski definition) is 2. The van der Waals surface area contributed by atoms with Crippen molar-refractivity contribution in [2.75, 3.05) is 46.3 Å². The van der Waals surface area contributed by atoms with Crippen LogP contribution in [-0.2, 0) is 9.59 Å². The number of likely N-dealkylation sites (tertiary alicyclic amines) is 2. The van der Waals surface area contributed by atoms with Gasteiger partial charge in [-0.1, -0.05) is 19.1 Å². The van der Waals surface area contributed by atoms with Gasteiger partial charge in [-0.2, -0.15) is 0 Å². The highest BCUT2D eigenvalue weighted by Gasteiger charge is 2.58. The molecule has 0 spiro atoms. The number of rotatable bonds is 7. The maximum atomic E-state index is 12.7. The van der Waals surface area contributed by atoms with Crippen molar-refractivity contribution in [3.63, 3.8) is 0 Å². The van der Waals surface area contributed by atoms with Crippen LogP contribution in [-0.4, -0.2) is 73.9 Å². The Labute approximate surface area is 174 Å². The zero-order chi connectivity index (χ0) is 20.4. The molecule has 7 heteroatoms. The molecule has 29 heavy (non-hydrogen) atoms. The summed E-state index contributed by atoms with van der Waals surface area (Å²) in [6.07, 6.45) is 8.95. The number of imide groups is 1. The van der Waals surface area contributed by atoms with E-state index in [0.29, 0.717) is 13.1 Å². The number of fused-ring (bicyclic) bond motifs is 5. The Morgan fingerprint density at radius 3 is 2.28 bits per heavy atom. The second-order valence-electron chi connectivity index (χ2n) is 9.13. The van der Waals surface area contributed by atoms with E-state index in [-0.39, 0.29) is 35.5 Å². The summed E-state index contributed by atoms with van der Waals surface area (Å²) in [5.74, 6) is 2.00. The highest BCUT2D eigenvalue weighted by atomic mass is 16.2. The van der Waals surface area contributed by atoms with E-state index in [1.165, 1.54) is 30.8 Å². The van der Waals surface area contributed by atoms with E-state index in [0.717, 1.165) is 37.8 Å². The van der Waals surface area contributed by atoms with Crippen LogP contribution >= 0.6 is 0 Å². The summed E-state index contributed by atoms with van der Waals surface area (Å²) in [5, 5.41) is 6.59. The maximum Gasteiger partial charge on any atom is 0.233 e. The lowest BCUT2D eigenvalue weighted by Crippen LogP contribution is -2.44. The Morgan fingerprint density at radius 2 is 1.66 bits per heavy atom. The van der Waals surface area contributed by atoms with Crippen molar-refractivity contribution in [3.8, 4) is 0 Å². The number of carbonyl (C=O) groups is 2. The van der Waals surface area contributed by atoms with Crippen LogP contribution in [0.4, 0.5) is 0 Å². The summed E-state index contributed by atoms with van der Waals surface area (Å²) in [6.45, 7) is 7.70. The van der Waals surface area contributed by atoms with Gasteiger partial charge in [0, 0.05) is 26.7 Å². The largest absolute Gasteiger partial charge is 0.356 e. The van der Waals surface area contributed by atoms with Gasteiger partial charge in [-0.15, -0.1) is 0 Å². The molecule has 4 atom stereocenters. The van der Waals surface area contributed by atoms with Crippen LogP contribution in [0, 0.1) is 29.6 Å². The number of guanidine groups is 1. The molecule has 7 nitrogen and oxygen atoms in total. The summed E-state index contributed by atoms with van der Waals surface area (Å²) >= 11 is 0. The molecule has 0 aromatic heterocycles. The van der Waals surface area contributed by atoms with Crippen LogP contribution in [0.1, 0.15) is 32.6 Å². The fraction of sp³-hybridized carbons (Fsp3) is 0.773. The fourth-order valence-corrected chi connectivity index (χ4v) is 5.49. The van der Waals surface area contributed by atoms with Gasteiger partial charge in [0.1, 0.15) is 0 Å². The minimum Gasteiger partial charge on any atom is -0.356 e. The second kappa shape index (κ2) is 8.86. The number of aliphatic imine (C=N–C) groups is 1. The van der Waals surface area contributed by atoms with Crippen molar-refractivity contribution in [3.05, 3.63) is 12.2 Å². The minimum absolute atomic E-state index is 0.0254. The van der Waals surface area contributed by atoms with Gasteiger partial charge in [0.2, 0.25) is 11.8 Å². The summed E-state index contributed by atoms with van der Waals surface area (Å²) in [6, 6.07) is 0. The van der Waals surface area contributed by atoms with Gasteiger partial charge in [0.05, 0.1) is 11.8 Å². The van der Waals surface area contributed by atoms with Gasteiger partial charge in [0.25, 0.3) is 0 Å². The molecule has 2 heterocycles. The molecule has 3 fully saturated rings. The number of piperidine rings is 1. The monoisotopic (exact) mass is 401 g/mol. The molecule has 0 radical (unpaired) electrons. The van der Waals surface area contributed by atoms with E-state index in [1.807, 2.05) is 0 Å². The fourth-order valence-electron chi connectivity index (χ4n) is 5.49. The Morgan fingerprint density at radius 1 is 1.03 bits per heavy atom. The lowest BCUT2D eigenvalue weighted by molar-refractivity contribution is -0.140. The molecular weight excluding hydrogens is 366 g/mol. The molecule has 2 aliphatic heterocycles. The van der Waals surface area contributed by atoms with Gasteiger partial charge in [-0.25, -0.2) is 0 Å². The number of nitrogens with zero attached hydrogens (tertiary/aromatic N) is 3. The number of allylic oxidation sites excluding steroid dienone is 2. The lowest BCUT2D eigenvalue weighted by atomic mass is 9.85. The molecule has 1 saturated carbocycles. The standard InChI is InChI=1S/C22H35N5O2/c1-15-6-11-26(12-7-15)10-3-8-24-22(23-2)25-9-13-27-20(28)18-16-4-5-17(14-16)19(18)21(27)29/h4-5,15-19H,3,6-14H2,1-2H3,(H2,23,24,25). The number of carbonyl (C=O) groups excluding carboxylic acids is 2. The Balaban J connectivity index is 1.14. The maximum absolute atomic E-state index is 12.7. The van der Waals surface area contributed by atoms with Crippen LogP contribution in [0.15, 0.2) is 17.1 Å². The van der Waals surface area contributed by atoms with Crippen molar-refractivity contribution < 1.29 is 9.59 Å². The molecule has 2 bridgehead atoms. The number of amides is 2. The zero-order valence-electron chi connectivity index (χ0n) is 17.8. The SMILES string of the molecule is CN=C(NCCCN1CCC(C)CC1)NCCN1C(=O)C2C3C=CC(C3)C2C1=O. The van der Waals surface area contributed by atoms with Crippen LogP contribution in [0.2, 0.25) is 0 Å². The summed E-state index contributed by atoms with van der Waals surface area (Å²) in [7, 11) is 1.75. The van der Waals surface area contributed by atoms with E-state index < -0.39 is 0 Å². The molecule has 2 amide bonds. The molecule has 0 aromatic rings. The molecule has 2 aliphatic carbocycles. The molecule has 2 saturated heterocycles. The highest BCUT2D eigenvalue weighted by Crippen LogP contribution is 2.52. The highest BCUT2D eigenvalue weighted by molar-refractivity contribution is 6.06. The molecule has 0 aromatic carbocycles. The first-order valence-corrected chi connectivity index (χ1v) is 11.3. The van der Waals surface area contributed by atoms with Gasteiger partial charge in [-0.3, -0.25) is 19.5 Å². The average molecular weight is 402 g/mol. The van der Waals surface area contributed by atoms with Gasteiger partial charge in [0.15, 0.2) is 5.96 Å². The molecule has 2 N–H and O–H groups in total. The summed E-state index contributed by atoms with van der Waals surface area (Å²) < 4.78 is 0. The molecule has 160 valence electrons. The number of nitrogens with one attached hydrogen (secondary N) is 2. The van der Waals surface area contributed by atoms with Crippen LogP contribution in [0.25, 0.3) is 0 Å². The van der Waals surface area contributed by atoms with Crippen molar-refractivity contribution >= 4 is 17.8 Å². The van der Waals surface area contributed by atoms with Crippen molar-refractivity contribution in [1.29, 1.82) is 0 Å². The summed E-state index contributed by atoms with van der Waals surface area (Å²) in [5.41, 5.74) is 0. The Hall–Kier alpha value is -1.89. The number of hydrogen-bond acceptors (Lipinski definition) is 4. The van der Waals surface area contributed by atoms with Gasteiger partial charge >= 0.3 is 0 Å². The first-order valence-electron chi connectivity index (χ1n) is 11.3. The van der Waals surface area contributed by atoms with Gasteiger partial charge in [-0.05, 0) is 63.1 Å². The first kappa shape index (κ1) is 20.4. The third-order valence-electron chi connectivity index (χ3n) is 7.23. The lowest BCUT2D eigenvalue weighted by Gasteiger charge is -2.30. The molecule has 4 unspecified atom stereocenters.